The van der Waals surface area contributed by atoms with Gasteiger partial charge in [0.05, 0.1) is 6.61 Å². The largest absolute Gasteiger partial charge is 0.385 e. The average Bonchev–Trinajstić information content (AvgIpc) is 2.82. The summed E-state index contributed by atoms with van der Waals surface area (Å²) in [7, 11) is 0. The Balaban J connectivity index is 1.91. The third-order valence-electron chi connectivity index (χ3n) is 3.66. The lowest BCUT2D eigenvalue weighted by atomic mass is 9.80. The van der Waals surface area contributed by atoms with Gasteiger partial charge in [-0.05, 0) is 36.3 Å². The van der Waals surface area contributed by atoms with Crippen LogP contribution >= 0.6 is 0 Å². The van der Waals surface area contributed by atoms with Crippen LogP contribution < -0.4 is 5.32 Å². The third kappa shape index (κ3) is 1.63. The molecule has 0 bridgehead atoms. The van der Waals surface area contributed by atoms with E-state index in [0.717, 1.165) is 25.7 Å². The van der Waals surface area contributed by atoms with Crippen molar-refractivity contribution in [1.82, 2.24) is 0 Å². The lowest BCUT2D eigenvalue weighted by Gasteiger charge is -2.30. The van der Waals surface area contributed by atoms with Crippen LogP contribution in [0.4, 0.5) is 5.69 Å². The summed E-state index contributed by atoms with van der Waals surface area (Å²) in [6.07, 6.45) is 2.49. The molecule has 2 heteroatoms. The number of anilines is 1. The number of nitrogens with one attached hydrogen (secondary N) is 1. The minimum Gasteiger partial charge on any atom is -0.385 e. The first-order valence-electron chi connectivity index (χ1n) is 5.86. The summed E-state index contributed by atoms with van der Waals surface area (Å²) in [5.74, 6) is 1.46. The number of rotatable bonds is 1. The van der Waals surface area contributed by atoms with Gasteiger partial charge in [-0.1, -0.05) is 18.2 Å². The van der Waals surface area contributed by atoms with Gasteiger partial charge in [0.1, 0.15) is 0 Å². The zero-order valence-corrected chi connectivity index (χ0v) is 8.91. The summed E-state index contributed by atoms with van der Waals surface area (Å²) in [6, 6.07) is 8.72. The minimum atomic E-state index is 0.713. The summed E-state index contributed by atoms with van der Waals surface area (Å²) in [4.78, 5) is 0. The van der Waals surface area contributed by atoms with Crippen LogP contribution in [0, 0.1) is 5.92 Å². The lowest BCUT2D eigenvalue weighted by molar-refractivity contribution is 0.179. The maximum atomic E-state index is 5.50. The van der Waals surface area contributed by atoms with Gasteiger partial charge in [-0.3, -0.25) is 0 Å². The second kappa shape index (κ2) is 3.86. The number of hydrogen-bond acceptors (Lipinski definition) is 2. The second-order valence-electron chi connectivity index (χ2n) is 4.53. The molecule has 15 heavy (non-hydrogen) atoms. The first-order chi connectivity index (χ1) is 7.45. The minimum absolute atomic E-state index is 0.713. The van der Waals surface area contributed by atoms with E-state index in [0.29, 0.717) is 5.92 Å². The highest BCUT2D eigenvalue weighted by molar-refractivity contribution is 5.54. The molecule has 2 aliphatic heterocycles. The molecule has 0 spiro atoms. The van der Waals surface area contributed by atoms with Crippen LogP contribution in [0.15, 0.2) is 24.3 Å². The van der Waals surface area contributed by atoms with Crippen molar-refractivity contribution in [1.29, 1.82) is 0 Å². The van der Waals surface area contributed by atoms with Crippen LogP contribution in [-0.2, 0) is 4.74 Å². The van der Waals surface area contributed by atoms with Gasteiger partial charge >= 0.3 is 0 Å². The van der Waals surface area contributed by atoms with Gasteiger partial charge in [-0.25, -0.2) is 0 Å². The highest BCUT2D eigenvalue weighted by atomic mass is 16.5. The van der Waals surface area contributed by atoms with E-state index in [1.807, 2.05) is 0 Å². The molecule has 1 saturated heterocycles. The van der Waals surface area contributed by atoms with E-state index in [4.69, 9.17) is 4.74 Å². The van der Waals surface area contributed by atoms with Crippen molar-refractivity contribution < 1.29 is 4.74 Å². The van der Waals surface area contributed by atoms with Gasteiger partial charge in [-0.15, -0.1) is 0 Å². The molecule has 80 valence electrons. The summed E-state index contributed by atoms with van der Waals surface area (Å²) in [6.45, 7) is 3.02. The van der Waals surface area contributed by atoms with E-state index >= 15 is 0 Å². The van der Waals surface area contributed by atoms with E-state index < -0.39 is 0 Å². The standard InChI is InChI=1S/C13H17NO/c1-2-4-13-12(3-1)11(5-7-14-13)10-6-8-15-9-10/h1-4,10-11,14H,5-9H2/t10-,11-/m0/s1. The fourth-order valence-corrected chi connectivity index (χ4v) is 2.86. The maximum Gasteiger partial charge on any atom is 0.0500 e. The Hall–Kier alpha value is -1.02. The van der Waals surface area contributed by atoms with Crippen LogP contribution in [0.1, 0.15) is 24.3 Å². The number of hydrogen-bond donors (Lipinski definition) is 1. The molecule has 2 aliphatic rings. The van der Waals surface area contributed by atoms with Crippen LogP contribution in [0.25, 0.3) is 0 Å². The molecule has 0 amide bonds. The van der Waals surface area contributed by atoms with Crippen molar-refractivity contribution in [3.05, 3.63) is 29.8 Å². The SMILES string of the molecule is c1ccc2c(c1)NCC[C@H]2[C@H]1CCOC1. The molecule has 1 aromatic rings. The molecule has 0 aliphatic carbocycles. The molecule has 0 unspecified atom stereocenters. The smallest absolute Gasteiger partial charge is 0.0500 e. The van der Waals surface area contributed by atoms with Crippen molar-refractivity contribution >= 4 is 5.69 Å². The molecular weight excluding hydrogens is 186 g/mol. The highest BCUT2D eigenvalue weighted by Gasteiger charge is 2.30. The molecule has 0 radical (unpaired) electrons. The van der Waals surface area contributed by atoms with Gasteiger partial charge in [0.2, 0.25) is 0 Å². The van der Waals surface area contributed by atoms with Gasteiger partial charge in [0.15, 0.2) is 0 Å². The van der Waals surface area contributed by atoms with E-state index in [9.17, 15) is 0 Å². The molecule has 1 aromatic carbocycles. The second-order valence-corrected chi connectivity index (χ2v) is 4.53. The van der Waals surface area contributed by atoms with E-state index in [-0.39, 0.29) is 0 Å². The predicted molar refractivity (Wildman–Crippen MR) is 61.2 cm³/mol. The predicted octanol–water partition coefficient (Wildman–Crippen LogP) is 2.62. The van der Waals surface area contributed by atoms with Crippen molar-refractivity contribution in [3.8, 4) is 0 Å². The fraction of sp³-hybridized carbons (Fsp3) is 0.538. The van der Waals surface area contributed by atoms with Crippen LogP contribution in [0.2, 0.25) is 0 Å². The Morgan fingerprint density at radius 1 is 1.20 bits per heavy atom. The monoisotopic (exact) mass is 203 g/mol. The van der Waals surface area contributed by atoms with Crippen molar-refractivity contribution in [2.75, 3.05) is 25.1 Å². The molecule has 0 saturated carbocycles. The Labute approximate surface area is 90.6 Å². The van der Waals surface area contributed by atoms with Crippen molar-refractivity contribution in [2.45, 2.75) is 18.8 Å². The molecule has 0 aromatic heterocycles. The Morgan fingerprint density at radius 3 is 3.00 bits per heavy atom. The van der Waals surface area contributed by atoms with Crippen molar-refractivity contribution in [3.63, 3.8) is 0 Å². The topological polar surface area (TPSA) is 21.3 Å². The summed E-state index contributed by atoms with van der Waals surface area (Å²) >= 11 is 0. The molecule has 3 rings (SSSR count). The Bertz CT molecular complexity index is 344. The Morgan fingerprint density at radius 2 is 2.13 bits per heavy atom. The van der Waals surface area contributed by atoms with Gasteiger partial charge < -0.3 is 10.1 Å². The zero-order valence-electron chi connectivity index (χ0n) is 8.91. The summed E-state index contributed by atoms with van der Waals surface area (Å²) in [5, 5.41) is 3.48. The van der Waals surface area contributed by atoms with Gasteiger partial charge in [-0.2, -0.15) is 0 Å². The molecule has 1 N–H and O–H groups in total. The maximum absolute atomic E-state index is 5.50. The number of fused-ring (bicyclic) bond motifs is 1. The van der Waals surface area contributed by atoms with Crippen LogP contribution in [0.5, 0.6) is 0 Å². The van der Waals surface area contributed by atoms with Gasteiger partial charge in [0.25, 0.3) is 0 Å². The Kier molecular flexibility index (Phi) is 2.37. The van der Waals surface area contributed by atoms with Crippen molar-refractivity contribution in [2.24, 2.45) is 5.92 Å². The molecule has 1 fully saturated rings. The summed E-state index contributed by atoms with van der Waals surface area (Å²) in [5.41, 5.74) is 2.83. The first kappa shape index (κ1) is 9.22. The normalized spacial score (nSPS) is 29.6. The fourth-order valence-electron chi connectivity index (χ4n) is 2.86. The highest BCUT2D eigenvalue weighted by Crippen LogP contribution is 2.39. The van der Waals surface area contributed by atoms with Gasteiger partial charge in [0, 0.05) is 18.8 Å². The zero-order chi connectivity index (χ0) is 10.1. The van der Waals surface area contributed by atoms with E-state index in [1.165, 1.54) is 24.1 Å². The van der Waals surface area contributed by atoms with Crippen LogP contribution in [0.3, 0.4) is 0 Å². The summed E-state index contributed by atoms with van der Waals surface area (Å²) < 4.78 is 5.50. The van der Waals surface area contributed by atoms with E-state index in [2.05, 4.69) is 29.6 Å². The molecular formula is C13H17NO. The number of para-hydroxylation sites is 1. The van der Waals surface area contributed by atoms with E-state index in [1.54, 1.807) is 0 Å². The quantitative estimate of drug-likeness (QED) is 0.757. The molecule has 2 heterocycles. The number of ether oxygens (including phenoxy) is 1. The lowest BCUT2D eigenvalue weighted by Crippen LogP contribution is -2.22. The molecule has 2 atom stereocenters. The number of benzene rings is 1. The average molecular weight is 203 g/mol. The molecule has 2 nitrogen and oxygen atoms in total. The van der Waals surface area contributed by atoms with Crippen LogP contribution in [-0.4, -0.2) is 19.8 Å². The third-order valence-corrected chi connectivity index (χ3v) is 3.66. The first-order valence-corrected chi connectivity index (χ1v) is 5.86.